The monoisotopic (exact) mass is 335 g/mol. The average Bonchev–Trinajstić information content (AvgIpc) is 3.10. The van der Waals surface area contributed by atoms with Gasteiger partial charge >= 0.3 is 6.03 Å². The summed E-state index contributed by atoms with van der Waals surface area (Å²) in [5.74, 6) is 0.450. The molecule has 2 rings (SSSR count). The molecule has 0 bridgehead atoms. The number of halogens is 1. The van der Waals surface area contributed by atoms with Gasteiger partial charge in [0.05, 0.1) is 25.9 Å². The van der Waals surface area contributed by atoms with E-state index in [1.54, 1.807) is 12.1 Å². The van der Waals surface area contributed by atoms with Gasteiger partial charge in [-0.3, -0.25) is 4.79 Å². The lowest BCUT2D eigenvalue weighted by atomic mass is 10.3. The maximum absolute atomic E-state index is 12.7. The summed E-state index contributed by atoms with van der Waals surface area (Å²) in [6, 6.07) is 8.57. The van der Waals surface area contributed by atoms with Crippen LogP contribution in [-0.2, 0) is 11.3 Å². The number of ether oxygens (including phenoxy) is 1. The van der Waals surface area contributed by atoms with Crippen LogP contribution in [-0.4, -0.2) is 31.6 Å². The van der Waals surface area contributed by atoms with E-state index < -0.39 is 6.03 Å². The summed E-state index contributed by atoms with van der Waals surface area (Å²) in [5.41, 5.74) is 0. The molecular formula is C16H18FN3O4. The van der Waals surface area contributed by atoms with Crippen LogP contribution in [0.2, 0.25) is 0 Å². The van der Waals surface area contributed by atoms with Crippen LogP contribution in [0.25, 0.3) is 0 Å². The Bertz CT molecular complexity index is 644. The Kier molecular flexibility index (Phi) is 6.63. The summed E-state index contributed by atoms with van der Waals surface area (Å²) in [7, 11) is 0. The van der Waals surface area contributed by atoms with Gasteiger partial charge in [0.2, 0.25) is 5.91 Å². The third-order valence-corrected chi connectivity index (χ3v) is 2.92. The number of carbonyl (C=O) groups is 2. The number of hydrogen-bond donors (Lipinski definition) is 3. The molecule has 1 aromatic heterocycles. The van der Waals surface area contributed by atoms with E-state index in [-0.39, 0.29) is 38.0 Å². The largest absolute Gasteiger partial charge is 0.492 e. The average molecular weight is 335 g/mol. The van der Waals surface area contributed by atoms with E-state index in [9.17, 15) is 14.0 Å². The maximum atomic E-state index is 12.7. The second-order valence-corrected chi connectivity index (χ2v) is 4.77. The molecule has 0 unspecified atom stereocenters. The molecule has 0 radical (unpaired) electrons. The molecule has 3 amide bonds. The zero-order valence-corrected chi connectivity index (χ0v) is 12.9. The molecule has 0 saturated carbocycles. The van der Waals surface area contributed by atoms with Gasteiger partial charge in [0.1, 0.15) is 23.9 Å². The van der Waals surface area contributed by atoms with Gasteiger partial charge in [0.25, 0.3) is 0 Å². The molecule has 1 heterocycles. The predicted molar refractivity (Wildman–Crippen MR) is 83.9 cm³/mol. The molecule has 0 aliphatic carbocycles. The highest BCUT2D eigenvalue weighted by atomic mass is 19.1. The van der Waals surface area contributed by atoms with Crippen molar-refractivity contribution in [2.24, 2.45) is 0 Å². The lowest BCUT2D eigenvalue weighted by Gasteiger charge is -2.09. The minimum atomic E-state index is -0.468. The van der Waals surface area contributed by atoms with Crippen LogP contribution in [0.5, 0.6) is 5.75 Å². The van der Waals surface area contributed by atoms with Crippen molar-refractivity contribution in [1.29, 1.82) is 0 Å². The van der Waals surface area contributed by atoms with Gasteiger partial charge < -0.3 is 25.1 Å². The van der Waals surface area contributed by atoms with Crippen LogP contribution in [0.15, 0.2) is 47.1 Å². The van der Waals surface area contributed by atoms with Gasteiger partial charge in [-0.2, -0.15) is 0 Å². The highest BCUT2D eigenvalue weighted by Gasteiger charge is 2.05. The van der Waals surface area contributed by atoms with Crippen molar-refractivity contribution in [3.8, 4) is 5.75 Å². The quantitative estimate of drug-likeness (QED) is 0.636. The number of nitrogens with one attached hydrogen (secondary N) is 3. The van der Waals surface area contributed by atoms with E-state index >= 15 is 0 Å². The van der Waals surface area contributed by atoms with Crippen LogP contribution < -0.4 is 20.7 Å². The maximum Gasteiger partial charge on any atom is 0.315 e. The fraction of sp³-hybridized carbons (Fsp3) is 0.250. The van der Waals surface area contributed by atoms with E-state index in [4.69, 9.17) is 9.15 Å². The van der Waals surface area contributed by atoms with E-state index in [1.807, 2.05) is 0 Å². The molecule has 0 aliphatic heterocycles. The lowest BCUT2D eigenvalue weighted by Crippen LogP contribution is -2.42. The predicted octanol–water partition coefficient (Wildman–Crippen LogP) is 1.41. The first kappa shape index (κ1) is 17.3. The number of carbonyl (C=O) groups excluding carboxylic acids is 2. The van der Waals surface area contributed by atoms with Crippen molar-refractivity contribution >= 4 is 11.9 Å². The van der Waals surface area contributed by atoms with Crippen LogP contribution >= 0.6 is 0 Å². The van der Waals surface area contributed by atoms with Crippen LogP contribution in [0.1, 0.15) is 5.76 Å². The fourth-order valence-corrected chi connectivity index (χ4v) is 1.76. The van der Waals surface area contributed by atoms with Crippen molar-refractivity contribution in [3.63, 3.8) is 0 Å². The molecule has 1 aromatic carbocycles. The second-order valence-electron chi connectivity index (χ2n) is 4.77. The minimum Gasteiger partial charge on any atom is -0.492 e. The molecule has 128 valence electrons. The number of hydrogen-bond acceptors (Lipinski definition) is 4. The van der Waals surface area contributed by atoms with Crippen molar-refractivity contribution < 1.29 is 23.1 Å². The Morgan fingerprint density at radius 1 is 1.08 bits per heavy atom. The van der Waals surface area contributed by atoms with E-state index in [1.165, 1.54) is 30.5 Å². The number of benzene rings is 1. The molecule has 24 heavy (non-hydrogen) atoms. The molecule has 0 spiro atoms. The summed E-state index contributed by atoms with van der Waals surface area (Å²) >= 11 is 0. The fourth-order valence-electron chi connectivity index (χ4n) is 1.76. The lowest BCUT2D eigenvalue weighted by molar-refractivity contribution is -0.120. The zero-order chi connectivity index (χ0) is 17.2. The normalized spacial score (nSPS) is 10.0. The summed E-state index contributed by atoms with van der Waals surface area (Å²) in [6.07, 6.45) is 1.51. The molecule has 0 saturated heterocycles. The minimum absolute atomic E-state index is 0.152. The first-order chi connectivity index (χ1) is 11.6. The van der Waals surface area contributed by atoms with Crippen molar-refractivity contribution in [3.05, 3.63) is 54.2 Å². The SMILES string of the molecule is O=C(CNC(=O)NCc1ccco1)NCCOc1ccc(F)cc1. The van der Waals surface area contributed by atoms with E-state index in [2.05, 4.69) is 16.0 Å². The molecule has 0 aliphatic rings. The Labute approximate surface area is 138 Å². The Hall–Kier alpha value is -3.03. The number of amides is 3. The second kappa shape index (κ2) is 9.19. The zero-order valence-electron chi connectivity index (χ0n) is 12.9. The van der Waals surface area contributed by atoms with Crippen LogP contribution in [0, 0.1) is 5.82 Å². The summed E-state index contributed by atoms with van der Waals surface area (Å²) < 4.78 is 23.1. The van der Waals surface area contributed by atoms with Crippen LogP contribution in [0.3, 0.4) is 0 Å². The van der Waals surface area contributed by atoms with Crippen molar-refractivity contribution in [1.82, 2.24) is 16.0 Å². The first-order valence-electron chi connectivity index (χ1n) is 7.32. The number of furan rings is 1. The molecule has 0 fully saturated rings. The third-order valence-electron chi connectivity index (χ3n) is 2.92. The van der Waals surface area contributed by atoms with Gasteiger partial charge in [-0.15, -0.1) is 0 Å². The molecule has 0 atom stereocenters. The van der Waals surface area contributed by atoms with Crippen molar-refractivity contribution in [2.75, 3.05) is 19.7 Å². The van der Waals surface area contributed by atoms with E-state index in [0.717, 1.165) is 0 Å². The van der Waals surface area contributed by atoms with Gasteiger partial charge in [-0.1, -0.05) is 0 Å². The molecule has 3 N–H and O–H groups in total. The van der Waals surface area contributed by atoms with Gasteiger partial charge in [-0.25, -0.2) is 9.18 Å². The van der Waals surface area contributed by atoms with Gasteiger partial charge in [0.15, 0.2) is 0 Å². The Morgan fingerprint density at radius 3 is 2.58 bits per heavy atom. The summed E-state index contributed by atoms with van der Waals surface area (Å²) in [4.78, 5) is 23.0. The van der Waals surface area contributed by atoms with Crippen LogP contribution in [0.4, 0.5) is 9.18 Å². The highest BCUT2D eigenvalue weighted by Crippen LogP contribution is 2.10. The molecule has 2 aromatic rings. The standard InChI is InChI=1S/C16H18FN3O4/c17-12-3-5-13(6-4-12)24-9-7-18-15(21)11-20-16(22)19-10-14-2-1-8-23-14/h1-6,8H,7,9-11H2,(H,18,21)(H2,19,20,22). The van der Waals surface area contributed by atoms with Gasteiger partial charge in [-0.05, 0) is 36.4 Å². The third kappa shape index (κ3) is 6.39. The first-order valence-corrected chi connectivity index (χ1v) is 7.32. The molecule has 7 nitrogen and oxygen atoms in total. The topological polar surface area (TPSA) is 92.6 Å². The Morgan fingerprint density at radius 2 is 1.88 bits per heavy atom. The van der Waals surface area contributed by atoms with Crippen molar-refractivity contribution in [2.45, 2.75) is 6.54 Å². The molecular weight excluding hydrogens is 317 g/mol. The highest BCUT2D eigenvalue weighted by molar-refractivity contribution is 5.83. The summed E-state index contributed by atoms with van der Waals surface area (Å²) in [5, 5.41) is 7.57. The molecule has 8 heteroatoms. The van der Waals surface area contributed by atoms with Gasteiger partial charge in [0, 0.05) is 0 Å². The Balaban J connectivity index is 1.53. The number of urea groups is 1. The smallest absolute Gasteiger partial charge is 0.315 e. The summed E-state index contributed by atoms with van der Waals surface area (Å²) in [6.45, 7) is 0.598. The van der Waals surface area contributed by atoms with E-state index in [0.29, 0.717) is 11.5 Å². The number of rotatable bonds is 8.